The number of hydrogen-bond acceptors (Lipinski definition) is 5. The van der Waals surface area contributed by atoms with Gasteiger partial charge in [-0.05, 0) is 72.0 Å². The highest BCUT2D eigenvalue weighted by atomic mass is 32.2. The van der Waals surface area contributed by atoms with Crippen molar-refractivity contribution in [2.45, 2.75) is 76.5 Å². The number of unbranched alkanes of at least 4 members (excludes halogenated alkanes) is 1. The number of anilines is 1. The van der Waals surface area contributed by atoms with E-state index < -0.39 is 31.0 Å². The monoisotopic (exact) mass is 753 g/mol. The minimum Gasteiger partial charge on any atom is -0.324 e. The van der Waals surface area contributed by atoms with Crippen molar-refractivity contribution in [1.82, 2.24) is 0 Å². The van der Waals surface area contributed by atoms with E-state index in [4.69, 9.17) is 0 Å². The molecule has 6 rings (SSSR count). The summed E-state index contributed by atoms with van der Waals surface area (Å²) in [5, 5.41) is 3.35. The van der Waals surface area contributed by atoms with Crippen molar-refractivity contribution in [2.75, 3.05) is 17.2 Å². The molecule has 0 spiro atoms. The van der Waals surface area contributed by atoms with Crippen LogP contribution >= 0.6 is 0 Å². The van der Waals surface area contributed by atoms with Crippen LogP contribution in [0.5, 0.6) is 0 Å². The Morgan fingerprint density at radius 1 is 0.736 bits per heavy atom. The number of nitrogens with zero attached hydrogens (tertiary/aromatic N) is 2. The second-order valence-corrected chi connectivity index (χ2v) is 18.1. The predicted molar refractivity (Wildman–Crippen MR) is 218 cm³/mol. The van der Waals surface area contributed by atoms with Crippen LogP contribution in [0.15, 0.2) is 121 Å². The van der Waals surface area contributed by atoms with E-state index in [-0.39, 0.29) is 17.6 Å². The van der Waals surface area contributed by atoms with Crippen LogP contribution in [-0.4, -0.2) is 53.9 Å². The predicted octanol–water partition coefficient (Wildman–Crippen LogP) is 9.40. The van der Waals surface area contributed by atoms with Crippen molar-refractivity contribution in [1.29, 1.82) is 0 Å². The van der Waals surface area contributed by atoms with E-state index in [1.807, 2.05) is 79.8 Å². The molecule has 4 aromatic carbocycles. The molecule has 1 unspecified atom stereocenters. The third-order valence-corrected chi connectivity index (χ3v) is 12.5. The van der Waals surface area contributed by atoms with Gasteiger partial charge in [0.15, 0.2) is 11.1 Å². The Morgan fingerprint density at radius 3 is 1.98 bits per heavy atom. The van der Waals surface area contributed by atoms with Crippen LogP contribution in [0.4, 0.5) is 11.4 Å². The van der Waals surface area contributed by atoms with E-state index in [1.165, 1.54) is 10.9 Å². The third-order valence-electron chi connectivity index (χ3n) is 10.6. The van der Waals surface area contributed by atoms with E-state index in [9.17, 15) is 25.9 Å². The highest BCUT2D eigenvalue weighted by Gasteiger charge is 2.47. The molecule has 2 heterocycles. The Bertz CT molecular complexity index is 2440. The highest BCUT2D eigenvalue weighted by Crippen LogP contribution is 2.52. The van der Waals surface area contributed by atoms with Crippen molar-refractivity contribution in [3.63, 3.8) is 0 Å². The molecule has 10 heteroatoms. The van der Waals surface area contributed by atoms with Gasteiger partial charge in [-0.25, -0.2) is 0 Å². The standard InChI is InChI=1S/C43H48N2O6S2/c1-6-18-39(53(49,50)51)45-36-28-26-32-20-13-15-22-34(32)41(36)43(4,5)38(45)24-11-9-7-8-10-23-37-42(2,3)40-33-21-14-12-19-31(33)25-27-35(40)44(37)29-16-17-30-52(46,47)48/h7-15,19-28,39H,6,16-18,29-30H2,1-5H3,(H-,46,47,48,49,50,51)/p+1. The van der Waals surface area contributed by atoms with E-state index in [0.29, 0.717) is 25.8 Å². The van der Waals surface area contributed by atoms with Gasteiger partial charge in [0.1, 0.15) is 6.54 Å². The molecule has 0 aromatic heterocycles. The summed E-state index contributed by atoms with van der Waals surface area (Å²) in [5.41, 5.74) is 5.15. The molecule has 0 saturated heterocycles. The summed E-state index contributed by atoms with van der Waals surface area (Å²) in [7, 11) is -8.43. The van der Waals surface area contributed by atoms with E-state index in [1.54, 1.807) is 4.90 Å². The lowest BCUT2D eigenvalue weighted by Gasteiger charge is -2.32. The molecule has 0 amide bonds. The lowest BCUT2D eigenvalue weighted by Crippen LogP contribution is -2.40. The fourth-order valence-electron chi connectivity index (χ4n) is 8.25. The number of allylic oxidation sites excluding steroid dienone is 8. The molecule has 0 fully saturated rings. The Labute approximate surface area is 314 Å². The molecule has 53 heavy (non-hydrogen) atoms. The normalized spacial score (nSPS) is 18.4. The number of fused-ring (bicyclic) bond motifs is 6. The van der Waals surface area contributed by atoms with Crippen LogP contribution in [0.3, 0.4) is 0 Å². The van der Waals surface area contributed by atoms with Gasteiger partial charge in [-0.3, -0.25) is 9.11 Å². The summed E-state index contributed by atoms with van der Waals surface area (Å²) in [5.74, 6) is -0.266. The van der Waals surface area contributed by atoms with E-state index in [0.717, 1.165) is 44.5 Å². The number of rotatable bonds is 13. The van der Waals surface area contributed by atoms with Gasteiger partial charge in [-0.1, -0.05) is 112 Å². The smallest absolute Gasteiger partial charge is 0.286 e. The van der Waals surface area contributed by atoms with Gasteiger partial charge in [0, 0.05) is 40.9 Å². The first-order valence-corrected chi connectivity index (χ1v) is 21.3. The Morgan fingerprint density at radius 2 is 1.34 bits per heavy atom. The first kappa shape index (κ1) is 38.4. The summed E-state index contributed by atoms with van der Waals surface area (Å²) in [4.78, 5) is 1.80. The molecule has 0 bridgehead atoms. The summed E-state index contributed by atoms with van der Waals surface area (Å²) >= 11 is 0. The average molecular weight is 754 g/mol. The van der Waals surface area contributed by atoms with Crippen molar-refractivity contribution >= 4 is 58.9 Å². The topological polar surface area (TPSA) is 115 Å². The van der Waals surface area contributed by atoms with E-state index >= 15 is 0 Å². The van der Waals surface area contributed by atoms with Crippen molar-refractivity contribution in [2.24, 2.45) is 0 Å². The van der Waals surface area contributed by atoms with Crippen LogP contribution in [0.25, 0.3) is 21.5 Å². The molecule has 1 atom stereocenters. The highest BCUT2D eigenvalue weighted by molar-refractivity contribution is 7.86. The Hall–Kier alpha value is -4.35. The SMILES string of the molecule is CCCC(N1\C(=C/C=C/C=C/C=C/C2=[N+](CCCCS(=O)(=O)O)c3ccc4ccccc4c3C2(C)C)C(C)(C)c2c1ccc1ccccc21)S(=O)(=O)O. The molecule has 4 aromatic rings. The second kappa shape index (κ2) is 14.8. The summed E-state index contributed by atoms with van der Waals surface area (Å²) in [6, 6.07) is 24.7. The zero-order valence-corrected chi connectivity index (χ0v) is 32.7. The van der Waals surface area contributed by atoms with Crippen LogP contribution in [-0.2, 0) is 31.1 Å². The van der Waals surface area contributed by atoms with Crippen LogP contribution in [0, 0.1) is 0 Å². The Balaban J connectivity index is 1.31. The lowest BCUT2D eigenvalue weighted by atomic mass is 9.79. The minimum absolute atomic E-state index is 0.266. The van der Waals surface area contributed by atoms with Gasteiger partial charge in [-0.15, -0.1) is 0 Å². The molecule has 0 aliphatic carbocycles. The molecule has 2 aliphatic heterocycles. The van der Waals surface area contributed by atoms with Gasteiger partial charge in [0.2, 0.25) is 5.69 Å². The summed E-state index contributed by atoms with van der Waals surface area (Å²) in [6.07, 6.45) is 15.6. The molecular formula is C43H49N2O6S2+. The molecule has 2 N–H and O–H groups in total. The quantitative estimate of drug-likeness (QED) is 0.0605. The molecule has 278 valence electrons. The maximum Gasteiger partial charge on any atom is 0.286 e. The first-order chi connectivity index (χ1) is 25.1. The fourth-order valence-corrected chi connectivity index (χ4v) is 9.85. The fraction of sp³-hybridized carbons (Fsp3) is 0.326. The van der Waals surface area contributed by atoms with Crippen molar-refractivity contribution in [3.05, 3.63) is 132 Å². The molecule has 2 aliphatic rings. The van der Waals surface area contributed by atoms with Crippen LogP contribution in [0.1, 0.15) is 71.4 Å². The minimum atomic E-state index is -4.41. The molecule has 0 saturated carbocycles. The third kappa shape index (κ3) is 7.55. The van der Waals surface area contributed by atoms with Gasteiger partial charge in [-0.2, -0.15) is 21.4 Å². The van der Waals surface area contributed by atoms with E-state index in [2.05, 4.69) is 74.7 Å². The van der Waals surface area contributed by atoms with Gasteiger partial charge in [0.25, 0.3) is 20.2 Å². The first-order valence-electron chi connectivity index (χ1n) is 18.2. The maximum absolute atomic E-state index is 12.8. The average Bonchev–Trinajstić information content (AvgIpc) is 3.46. The number of hydrogen-bond donors (Lipinski definition) is 2. The largest absolute Gasteiger partial charge is 0.324 e. The van der Waals surface area contributed by atoms with Crippen molar-refractivity contribution in [3.8, 4) is 0 Å². The lowest BCUT2D eigenvalue weighted by molar-refractivity contribution is -0.438. The van der Waals surface area contributed by atoms with Gasteiger partial charge < -0.3 is 4.90 Å². The van der Waals surface area contributed by atoms with Gasteiger partial charge in [0.05, 0.1) is 11.2 Å². The zero-order valence-electron chi connectivity index (χ0n) is 31.0. The summed E-state index contributed by atoms with van der Waals surface area (Å²) in [6.45, 7) is 11.1. The van der Waals surface area contributed by atoms with Crippen LogP contribution < -0.4 is 4.90 Å². The summed E-state index contributed by atoms with van der Waals surface area (Å²) < 4.78 is 70.4. The molecule has 0 radical (unpaired) electrons. The molecule has 8 nitrogen and oxygen atoms in total. The zero-order chi connectivity index (χ0) is 38.2. The second-order valence-electron chi connectivity index (χ2n) is 15.0. The number of benzene rings is 4. The Kier molecular flexibility index (Phi) is 10.7. The van der Waals surface area contributed by atoms with Crippen LogP contribution in [0.2, 0.25) is 0 Å². The van der Waals surface area contributed by atoms with Crippen molar-refractivity contribution < 1.29 is 30.5 Å². The molecular weight excluding hydrogens is 705 g/mol. The van der Waals surface area contributed by atoms with Gasteiger partial charge >= 0.3 is 0 Å². The maximum atomic E-state index is 12.8.